The Bertz CT molecular complexity index is 421. The summed E-state index contributed by atoms with van der Waals surface area (Å²) in [6.07, 6.45) is 5.34. The summed E-state index contributed by atoms with van der Waals surface area (Å²) < 4.78 is 0. The van der Waals surface area contributed by atoms with Crippen LogP contribution in [-0.4, -0.2) is 18.5 Å². The van der Waals surface area contributed by atoms with E-state index < -0.39 is 0 Å². The largest absolute Gasteiger partial charge is 0.350 e. The highest BCUT2D eigenvalue weighted by molar-refractivity contribution is 5.76. The molecule has 0 radical (unpaired) electrons. The van der Waals surface area contributed by atoms with Gasteiger partial charge in [-0.25, -0.2) is 0 Å². The van der Waals surface area contributed by atoms with Gasteiger partial charge in [-0.2, -0.15) is 0 Å². The molecule has 0 spiro atoms. The lowest BCUT2D eigenvalue weighted by Crippen LogP contribution is -2.35. The second kappa shape index (κ2) is 7.44. The average molecular weight is 274 g/mol. The molecule has 1 heterocycles. The number of hydrogen-bond acceptors (Lipinski definition) is 2. The molecule has 1 aromatic rings. The standard InChI is InChI=1S/C17H26N2O/c1-13-6-8-15(9-7-13)14(2)19-17(20)11-10-16-5-3-4-12-18-16/h6-9,14,16,18H,3-5,10-12H2,1-2H3,(H,19,20). The molecule has 20 heavy (non-hydrogen) atoms. The van der Waals surface area contributed by atoms with Gasteiger partial charge in [-0.05, 0) is 45.2 Å². The Morgan fingerprint density at radius 1 is 1.35 bits per heavy atom. The molecule has 1 fully saturated rings. The Morgan fingerprint density at radius 2 is 2.10 bits per heavy atom. The molecule has 2 rings (SSSR count). The highest BCUT2D eigenvalue weighted by Crippen LogP contribution is 2.15. The maximum absolute atomic E-state index is 12.0. The quantitative estimate of drug-likeness (QED) is 0.866. The van der Waals surface area contributed by atoms with Crippen molar-refractivity contribution in [1.82, 2.24) is 10.6 Å². The summed E-state index contributed by atoms with van der Waals surface area (Å²) in [6.45, 7) is 5.22. The summed E-state index contributed by atoms with van der Waals surface area (Å²) in [4.78, 5) is 12.0. The fourth-order valence-corrected chi connectivity index (χ4v) is 2.73. The number of benzene rings is 1. The summed E-state index contributed by atoms with van der Waals surface area (Å²) in [5.41, 5.74) is 2.41. The van der Waals surface area contributed by atoms with Gasteiger partial charge in [-0.1, -0.05) is 36.2 Å². The Labute approximate surface area is 122 Å². The van der Waals surface area contributed by atoms with Crippen molar-refractivity contribution in [3.8, 4) is 0 Å². The number of carbonyl (C=O) groups excluding carboxylic acids is 1. The minimum Gasteiger partial charge on any atom is -0.350 e. The van der Waals surface area contributed by atoms with E-state index in [-0.39, 0.29) is 11.9 Å². The lowest BCUT2D eigenvalue weighted by atomic mass is 10.00. The fraction of sp³-hybridized carbons (Fsp3) is 0.588. The van der Waals surface area contributed by atoms with Crippen molar-refractivity contribution in [2.45, 2.75) is 58.0 Å². The van der Waals surface area contributed by atoms with Gasteiger partial charge in [0.1, 0.15) is 0 Å². The van der Waals surface area contributed by atoms with Gasteiger partial charge in [-0.3, -0.25) is 4.79 Å². The zero-order valence-electron chi connectivity index (χ0n) is 12.6. The monoisotopic (exact) mass is 274 g/mol. The minimum atomic E-state index is 0.0856. The topological polar surface area (TPSA) is 41.1 Å². The Hall–Kier alpha value is -1.35. The Balaban J connectivity index is 1.74. The normalized spacial score (nSPS) is 20.4. The van der Waals surface area contributed by atoms with Crippen molar-refractivity contribution >= 4 is 5.91 Å². The van der Waals surface area contributed by atoms with E-state index >= 15 is 0 Å². The molecular weight excluding hydrogens is 248 g/mol. The van der Waals surface area contributed by atoms with Gasteiger partial charge < -0.3 is 10.6 Å². The molecule has 0 aliphatic carbocycles. The van der Waals surface area contributed by atoms with E-state index in [9.17, 15) is 4.79 Å². The van der Waals surface area contributed by atoms with E-state index in [0.717, 1.165) is 13.0 Å². The van der Waals surface area contributed by atoms with Crippen LogP contribution >= 0.6 is 0 Å². The Morgan fingerprint density at radius 3 is 2.75 bits per heavy atom. The first kappa shape index (κ1) is 15.0. The SMILES string of the molecule is Cc1ccc(C(C)NC(=O)CCC2CCCCN2)cc1. The van der Waals surface area contributed by atoms with Crippen molar-refractivity contribution < 1.29 is 4.79 Å². The second-order valence-corrected chi connectivity index (χ2v) is 5.89. The molecule has 0 aromatic heterocycles. The summed E-state index contributed by atoms with van der Waals surface area (Å²) >= 11 is 0. The van der Waals surface area contributed by atoms with E-state index in [4.69, 9.17) is 0 Å². The smallest absolute Gasteiger partial charge is 0.220 e. The number of hydrogen-bond donors (Lipinski definition) is 2. The van der Waals surface area contributed by atoms with Crippen molar-refractivity contribution in [2.24, 2.45) is 0 Å². The number of aryl methyl sites for hydroxylation is 1. The molecule has 3 heteroatoms. The molecule has 1 aromatic carbocycles. The molecular formula is C17H26N2O. The molecule has 1 aliphatic rings. The van der Waals surface area contributed by atoms with Crippen LogP contribution in [0.1, 0.15) is 56.2 Å². The van der Waals surface area contributed by atoms with Crippen LogP contribution in [0, 0.1) is 6.92 Å². The molecule has 1 saturated heterocycles. The average Bonchev–Trinajstić information content (AvgIpc) is 2.47. The maximum Gasteiger partial charge on any atom is 0.220 e. The van der Waals surface area contributed by atoms with Gasteiger partial charge in [0, 0.05) is 12.5 Å². The lowest BCUT2D eigenvalue weighted by Gasteiger charge is -2.23. The number of piperidine rings is 1. The van der Waals surface area contributed by atoms with Gasteiger partial charge in [0.2, 0.25) is 5.91 Å². The molecule has 1 aliphatic heterocycles. The molecule has 2 atom stereocenters. The lowest BCUT2D eigenvalue weighted by molar-refractivity contribution is -0.122. The Kier molecular flexibility index (Phi) is 5.60. The van der Waals surface area contributed by atoms with E-state index in [1.54, 1.807) is 0 Å². The molecule has 3 nitrogen and oxygen atoms in total. The van der Waals surface area contributed by atoms with Crippen LogP contribution in [0.25, 0.3) is 0 Å². The van der Waals surface area contributed by atoms with Crippen LogP contribution in [0.3, 0.4) is 0 Å². The van der Waals surface area contributed by atoms with E-state index in [0.29, 0.717) is 12.5 Å². The summed E-state index contributed by atoms with van der Waals surface area (Å²) in [5, 5.41) is 6.57. The van der Waals surface area contributed by atoms with Gasteiger partial charge in [0.25, 0.3) is 0 Å². The first-order valence-corrected chi connectivity index (χ1v) is 7.74. The molecule has 110 valence electrons. The van der Waals surface area contributed by atoms with Crippen LogP contribution in [0.15, 0.2) is 24.3 Å². The van der Waals surface area contributed by atoms with Crippen LogP contribution in [-0.2, 0) is 4.79 Å². The van der Waals surface area contributed by atoms with E-state index in [2.05, 4.69) is 41.8 Å². The van der Waals surface area contributed by atoms with Gasteiger partial charge in [0.05, 0.1) is 6.04 Å². The highest BCUT2D eigenvalue weighted by Gasteiger charge is 2.15. The van der Waals surface area contributed by atoms with E-state index in [1.165, 1.54) is 30.4 Å². The first-order chi connectivity index (χ1) is 9.65. The molecule has 1 amide bonds. The summed E-state index contributed by atoms with van der Waals surface area (Å²) in [6, 6.07) is 8.96. The molecule has 0 bridgehead atoms. The first-order valence-electron chi connectivity index (χ1n) is 7.74. The van der Waals surface area contributed by atoms with Crippen molar-refractivity contribution in [3.05, 3.63) is 35.4 Å². The number of rotatable bonds is 5. The zero-order chi connectivity index (χ0) is 14.4. The highest BCUT2D eigenvalue weighted by atomic mass is 16.1. The number of nitrogens with one attached hydrogen (secondary N) is 2. The third kappa shape index (κ3) is 4.64. The summed E-state index contributed by atoms with van der Waals surface area (Å²) in [7, 11) is 0. The van der Waals surface area contributed by atoms with Gasteiger partial charge in [0.15, 0.2) is 0 Å². The third-order valence-electron chi connectivity index (χ3n) is 4.09. The third-order valence-corrected chi connectivity index (χ3v) is 4.09. The van der Waals surface area contributed by atoms with Crippen LogP contribution in [0.2, 0.25) is 0 Å². The van der Waals surface area contributed by atoms with Crippen LogP contribution < -0.4 is 10.6 Å². The predicted molar refractivity (Wildman–Crippen MR) is 82.6 cm³/mol. The molecule has 2 N–H and O–H groups in total. The van der Waals surface area contributed by atoms with Crippen LogP contribution in [0.4, 0.5) is 0 Å². The van der Waals surface area contributed by atoms with Gasteiger partial charge >= 0.3 is 0 Å². The number of carbonyl (C=O) groups is 1. The predicted octanol–water partition coefficient (Wildman–Crippen LogP) is 3.09. The van der Waals surface area contributed by atoms with E-state index in [1.807, 2.05) is 6.92 Å². The minimum absolute atomic E-state index is 0.0856. The maximum atomic E-state index is 12.0. The van der Waals surface area contributed by atoms with Crippen molar-refractivity contribution in [2.75, 3.05) is 6.54 Å². The number of amides is 1. The van der Waals surface area contributed by atoms with Crippen molar-refractivity contribution in [3.63, 3.8) is 0 Å². The van der Waals surface area contributed by atoms with Gasteiger partial charge in [-0.15, -0.1) is 0 Å². The second-order valence-electron chi connectivity index (χ2n) is 5.89. The summed E-state index contributed by atoms with van der Waals surface area (Å²) in [5.74, 6) is 0.158. The molecule has 2 unspecified atom stereocenters. The van der Waals surface area contributed by atoms with Crippen LogP contribution in [0.5, 0.6) is 0 Å². The molecule has 0 saturated carbocycles. The van der Waals surface area contributed by atoms with Crippen molar-refractivity contribution in [1.29, 1.82) is 0 Å². The fourth-order valence-electron chi connectivity index (χ4n) is 2.73. The zero-order valence-corrected chi connectivity index (χ0v) is 12.6.